The predicted molar refractivity (Wildman–Crippen MR) is 49.9 cm³/mol. The Morgan fingerprint density at radius 3 is 2.12 bits per heavy atom. The van der Waals surface area contributed by atoms with Gasteiger partial charge in [-0.1, -0.05) is 0 Å². The molecule has 0 aliphatic heterocycles. The number of carbonyl (C=O) groups excluding carboxylic acids is 1. The second-order valence-electron chi connectivity index (χ2n) is 3.06. The van der Waals surface area contributed by atoms with Crippen LogP contribution >= 0.6 is 0 Å². The van der Waals surface area contributed by atoms with E-state index in [0.29, 0.717) is 0 Å². The Labute approximate surface area is 90.6 Å². The third kappa shape index (κ3) is 6.27. The molecule has 0 aromatic carbocycles. The van der Waals surface area contributed by atoms with Gasteiger partial charge in [-0.25, -0.2) is 22.0 Å². The van der Waals surface area contributed by atoms with Gasteiger partial charge in [-0.05, 0) is 0 Å². The van der Waals surface area contributed by atoms with Crippen LogP contribution in [0.2, 0.25) is 0 Å². The number of carboxylic acids is 1. The van der Waals surface area contributed by atoms with Crippen LogP contribution in [0.3, 0.4) is 0 Å². The first-order chi connectivity index (χ1) is 7.14. The number of carboxylic acid groups (broad SMARTS) is 1. The van der Waals surface area contributed by atoms with Gasteiger partial charge in [0.25, 0.3) is 6.43 Å². The normalized spacial score (nSPS) is 13.5. The highest BCUT2D eigenvalue weighted by molar-refractivity contribution is 7.91. The molecule has 0 heterocycles. The van der Waals surface area contributed by atoms with Crippen molar-refractivity contribution in [2.24, 2.45) is 0 Å². The number of halogens is 2. The summed E-state index contributed by atoms with van der Waals surface area (Å²) in [5.41, 5.74) is 0. The van der Waals surface area contributed by atoms with Crippen molar-refractivity contribution in [1.82, 2.24) is 5.32 Å². The molecule has 94 valence electrons. The summed E-state index contributed by atoms with van der Waals surface area (Å²) in [6.07, 6.45) is -3.07. The summed E-state index contributed by atoms with van der Waals surface area (Å²) in [6.45, 7) is 0.996. The minimum absolute atomic E-state index is 0.750. The number of carbonyl (C=O) groups is 2. The number of sulfone groups is 1. The Kier molecular flexibility index (Phi) is 5.28. The van der Waals surface area contributed by atoms with E-state index in [1.54, 1.807) is 0 Å². The third-order valence-electron chi connectivity index (χ3n) is 1.48. The summed E-state index contributed by atoms with van der Waals surface area (Å²) < 4.78 is 45.7. The molecule has 1 atom stereocenters. The average molecular weight is 259 g/mol. The molecule has 0 aromatic rings. The van der Waals surface area contributed by atoms with Gasteiger partial charge in [-0.2, -0.15) is 0 Å². The molecule has 0 saturated carbocycles. The summed E-state index contributed by atoms with van der Waals surface area (Å²) in [6, 6.07) is -1.71. The molecule has 2 N–H and O–H groups in total. The van der Waals surface area contributed by atoms with Gasteiger partial charge in [-0.15, -0.1) is 0 Å². The zero-order chi connectivity index (χ0) is 12.9. The maximum Gasteiger partial charge on any atom is 0.327 e. The number of rotatable bonds is 6. The molecule has 0 aliphatic carbocycles. The lowest BCUT2D eigenvalue weighted by Crippen LogP contribution is -2.45. The van der Waals surface area contributed by atoms with E-state index in [1.165, 1.54) is 0 Å². The van der Waals surface area contributed by atoms with Crippen molar-refractivity contribution >= 4 is 21.7 Å². The minimum atomic E-state index is -4.22. The lowest BCUT2D eigenvalue weighted by Gasteiger charge is -2.13. The number of nitrogens with one attached hydrogen (secondary N) is 1. The Hall–Kier alpha value is -1.25. The summed E-state index contributed by atoms with van der Waals surface area (Å²) in [5.74, 6) is -4.81. The van der Waals surface area contributed by atoms with Crippen molar-refractivity contribution in [3.05, 3.63) is 0 Å². The van der Waals surface area contributed by atoms with Gasteiger partial charge in [0.2, 0.25) is 5.91 Å². The first-order valence-corrected chi connectivity index (χ1v) is 5.94. The van der Waals surface area contributed by atoms with E-state index in [9.17, 15) is 26.8 Å². The lowest BCUT2D eigenvalue weighted by atomic mass is 10.3. The maximum absolute atomic E-state index is 11.8. The van der Waals surface area contributed by atoms with E-state index in [-0.39, 0.29) is 0 Å². The van der Waals surface area contributed by atoms with Gasteiger partial charge in [0.05, 0.1) is 5.75 Å². The highest BCUT2D eigenvalue weighted by Gasteiger charge is 2.28. The van der Waals surface area contributed by atoms with Gasteiger partial charge in [0.15, 0.2) is 9.84 Å². The molecule has 0 spiro atoms. The first kappa shape index (κ1) is 14.8. The average Bonchev–Trinajstić information content (AvgIpc) is 1.98. The van der Waals surface area contributed by atoms with Crippen molar-refractivity contribution < 1.29 is 31.9 Å². The fraction of sp³-hybridized carbons (Fsp3) is 0.714. The highest BCUT2D eigenvalue weighted by atomic mass is 32.2. The largest absolute Gasteiger partial charge is 0.480 e. The molecule has 0 unspecified atom stereocenters. The number of aliphatic carboxylic acids is 1. The van der Waals surface area contributed by atoms with Crippen LogP contribution in [0.25, 0.3) is 0 Å². The van der Waals surface area contributed by atoms with Crippen LogP contribution in [0.4, 0.5) is 8.78 Å². The van der Waals surface area contributed by atoms with E-state index in [2.05, 4.69) is 0 Å². The molecule has 0 saturated heterocycles. The zero-order valence-corrected chi connectivity index (χ0v) is 9.13. The fourth-order valence-corrected chi connectivity index (χ4v) is 2.19. The SMILES string of the molecule is CC(=O)N[C@@H](CS(=O)(=O)CC(F)F)C(=O)O. The van der Waals surface area contributed by atoms with Crippen molar-refractivity contribution in [1.29, 1.82) is 0 Å². The van der Waals surface area contributed by atoms with E-state index >= 15 is 0 Å². The number of amides is 1. The molecule has 1 amide bonds. The van der Waals surface area contributed by atoms with Crippen LogP contribution in [0.1, 0.15) is 6.92 Å². The number of hydrogen-bond donors (Lipinski definition) is 2. The summed E-state index contributed by atoms with van der Waals surface area (Å²) in [4.78, 5) is 21.1. The smallest absolute Gasteiger partial charge is 0.327 e. The third-order valence-corrected chi connectivity index (χ3v) is 3.08. The molecular formula is C7H11F2NO5S. The summed E-state index contributed by atoms with van der Waals surface area (Å²) in [5, 5.41) is 10.4. The van der Waals surface area contributed by atoms with Crippen LogP contribution in [0.15, 0.2) is 0 Å². The van der Waals surface area contributed by atoms with Crippen LogP contribution in [-0.2, 0) is 19.4 Å². The van der Waals surface area contributed by atoms with E-state index in [0.717, 1.165) is 6.92 Å². The summed E-state index contributed by atoms with van der Waals surface area (Å²) >= 11 is 0. The summed E-state index contributed by atoms with van der Waals surface area (Å²) in [7, 11) is -4.22. The minimum Gasteiger partial charge on any atom is -0.480 e. The Morgan fingerprint density at radius 2 is 1.81 bits per heavy atom. The molecule has 0 bridgehead atoms. The quantitative estimate of drug-likeness (QED) is 0.654. The second-order valence-corrected chi connectivity index (χ2v) is 5.21. The van der Waals surface area contributed by atoms with Crippen molar-refractivity contribution in [2.75, 3.05) is 11.5 Å². The molecule has 6 nitrogen and oxygen atoms in total. The lowest BCUT2D eigenvalue weighted by molar-refractivity contribution is -0.140. The maximum atomic E-state index is 11.8. The Balaban J connectivity index is 4.63. The molecule has 0 aliphatic rings. The Bertz CT molecular complexity index is 367. The monoisotopic (exact) mass is 259 g/mol. The molecule has 0 radical (unpaired) electrons. The highest BCUT2D eigenvalue weighted by Crippen LogP contribution is 2.02. The van der Waals surface area contributed by atoms with Gasteiger partial charge in [0.1, 0.15) is 11.8 Å². The Morgan fingerprint density at radius 1 is 1.31 bits per heavy atom. The molecular weight excluding hydrogens is 248 g/mol. The predicted octanol–water partition coefficient (Wildman–Crippen LogP) is -0.744. The van der Waals surface area contributed by atoms with Crippen LogP contribution in [-0.4, -0.2) is 49.4 Å². The van der Waals surface area contributed by atoms with Crippen molar-refractivity contribution in [3.63, 3.8) is 0 Å². The zero-order valence-electron chi connectivity index (χ0n) is 8.31. The standard InChI is InChI=1S/C7H11F2NO5S/c1-4(11)10-5(7(12)13)2-16(14,15)3-6(8)9/h5-6H,2-3H2,1H3,(H,10,11)(H,12,13)/t5-/m0/s1. The first-order valence-electron chi connectivity index (χ1n) is 4.12. The topological polar surface area (TPSA) is 101 Å². The molecule has 16 heavy (non-hydrogen) atoms. The fourth-order valence-electron chi connectivity index (χ4n) is 0.934. The molecule has 9 heteroatoms. The van der Waals surface area contributed by atoms with Crippen molar-refractivity contribution in [3.8, 4) is 0 Å². The van der Waals surface area contributed by atoms with E-state index in [1.807, 2.05) is 5.32 Å². The number of hydrogen-bond acceptors (Lipinski definition) is 4. The van der Waals surface area contributed by atoms with E-state index < -0.39 is 45.7 Å². The van der Waals surface area contributed by atoms with E-state index in [4.69, 9.17) is 5.11 Å². The molecule has 0 rings (SSSR count). The van der Waals surface area contributed by atoms with Gasteiger partial charge in [-0.3, -0.25) is 4.79 Å². The second kappa shape index (κ2) is 5.73. The van der Waals surface area contributed by atoms with Gasteiger partial charge < -0.3 is 10.4 Å². The van der Waals surface area contributed by atoms with Gasteiger partial charge in [0, 0.05) is 6.92 Å². The van der Waals surface area contributed by atoms with Crippen LogP contribution in [0, 0.1) is 0 Å². The van der Waals surface area contributed by atoms with Crippen molar-refractivity contribution in [2.45, 2.75) is 19.4 Å². The van der Waals surface area contributed by atoms with Gasteiger partial charge >= 0.3 is 5.97 Å². The number of alkyl halides is 2. The molecule has 0 aromatic heterocycles. The molecule has 0 fully saturated rings. The van der Waals surface area contributed by atoms with Crippen LogP contribution < -0.4 is 5.32 Å². The van der Waals surface area contributed by atoms with Crippen LogP contribution in [0.5, 0.6) is 0 Å².